The van der Waals surface area contributed by atoms with Crippen LogP contribution in [0.2, 0.25) is 0 Å². The lowest BCUT2D eigenvalue weighted by atomic mass is 9.95. The molecule has 32 heavy (non-hydrogen) atoms. The molecule has 0 spiro atoms. The Hall–Kier alpha value is -4.01. The molecule has 6 N–H and O–H groups in total. The van der Waals surface area contributed by atoms with Crippen LogP contribution in [0.5, 0.6) is 11.5 Å². The van der Waals surface area contributed by atoms with E-state index in [-0.39, 0.29) is 17.3 Å². The molecule has 0 amide bonds. The predicted molar refractivity (Wildman–Crippen MR) is 123 cm³/mol. The van der Waals surface area contributed by atoms with E-state index in [1.54, 1.807) is 20.1 Å². The molecule has 1 aromatic heterocycles. The Bertz CT molecular complexity index is 1210. The fourth-order valence-electron chi connectivity index (χ4n) is 3.33. The van der Waals surface area contributed by atoms with Gasteiger partial charge in [-0.2, -0.15) is 0 Å². The minimum atomic E-state index is -0.871. The van der Waals surface area contributed by atoms with Crippen molar-refractivity contribution in [2.45, 2.75) is 20.3 Å². The molecule has 0 aliphatic heterocycles. The average molecular weight is 438 g/mol. The topological polar surface area (TPSA) is 154 Å². The molecule has 3 rings (SSSR count). The van der Waals surface area contributed by atoms with Crippen LogP contribution in [0, 0.1) is 5.92 Å². The summed E-state index contributed by atoms with van der Waals surface area (Å²) in [4.78, 5) is 30.1. The van der Waals surface area contributed by atoms with Gasteiger partial charge in [0.25, 0.3) is 5.56 Å². The van der Waals surface area contributed by atoms with Crippen molar-refractivity contribution >= 4 is 17.5 Å². The van der Waals surface area contributed by atoms with Crippen LogP contribution < -0.4 is 26.5 Å². The van der Waals surface area contributed by atoms with Gasteiger partial charge in [0.1, 0.15) is 23.0 Å². The number of methoxy groups -OCH3 is 1. The highest BCUT2D eigenvalue weighted by atomic mass is 16.5. The molecule has 1 unspecified atom stereocenters. The molecule has 0 radical (unpaired) electrons. The number of nitrogens with one attached hydrogen (secondary N) is 1. The van der Waals surface area contributed by atoms with Crippen LogP contribution in [0.1, 0.15) is 19.4 Å². The minimum absolute atomic E-state index is 0.0531. The van der Waals surface area contributed by atoms with Gasteiger partial charge in [0.2, 0.25) is 0 Å². The van der Waals surface area contributed by atoms with Crippen molar-refractivity contribution in [2.24, 2.45) is 5.92 Å². The number of nitrogens with zero attached hydrogens (tertiary/aromatic N) is 1. The van der Waals surface area contributed by atoms with Gasteiger partial charge >= 0.3 is 5.97 Å². The van der Waals surface area contributed by atoms with Gasteiger partial charge in [0.15, 0.2) is 5.82 Å². The number of carboxylic acids is 1. The highest BCUT2D eigenvalue weighted by Gasteiger charge is 2.17. The molecular weight excluding hydrogens is 412 g/mol. The highest BCUT2D eigenvalue weighted by Crippen LogP contribution is 2.35. The number of aromatic amines is 1. The predicted octanol–water partition coefficient (Wildman–Crippen LogP) is 2.94. The SMILES string of the molecule is CCOc1cc(-c2ccc(OC)c(CC(C)C(=O)O)c2)ccc1-c1nc(N)c(N)c(=O)[nH]1. The van der Waals surface area contributed by atoms with Gasteiger partial charge in [0.05, 0.1) is 25.2 Å². The van der Waals surface area contributed by atoms with Crippen LogP contribution in [0.15, 0.2) is 41.2 Å². The first-order valence-electron chi connectivity index (χ1n) is 10.1. The molecule has 168 valence electrons. The highest BCUT2D eigenvalue weighted by molar-refractivity contribution is 5.76. The van der Waals surface area contributed by atoms with Gasteiger partial charge < -0.3 is 31.0 Å². The summed E-state index contributed by atoms with van der Waals surface area (Å²) < 4.78 is 11.2. The maximum absolute atomic E-state index is 12.0. The Morgan fingerprint density at radius 1 is 1.16 bits per heavy atom. The zero-order valence-electron chi connectivity index (χ0n) is 18.1. The summed E-state index contributed by atoms with van der Waals surface area (Å²) in [7, 11) is 1.55. The molecule has 0 saturated carbocycles. The second-order valence-corrected chi connectivity index (χ2v) is 7.33. The number of rotatable bonds is 8. The molecule has 0 aliphatic rings. The van der Waals surface area contributed by atoms with Crippen molar-refractivity contribution in [1.82, 2.24) is 9.97 Å². The Kier molecular flexibility index (Phi) is 6.67. The lowest BCUT2D eigenvalue weighted by Gasteiger charge is -2.15. The molecule has 0 fully saturated rings. The summed E-state index contributed by atoms with van der Waals surface area (Å²) in [5.41, 5.74) is 13.8. The van der Waals surface area contributed by atoms with Crippen molar-refractivity contribution < 1.29 is 19.4 Å². The molecule has 9 nitrogen and oxygen atoms in total. The number of carbonyl (C=O) groups is 1. The molecule has 0 bridgehead atoms. The third-order valence-electron chi connectivity index (χ3n) is 5.08. The van der Waals surface area contributed by atoms with Crippen LogP contribution in [0.25, 0.3) is 22.5 Å². The molecule has 1 atom stereocenters. The number of ether oxygens (including phenoxy) is 2. The third kappa shape index (κ3) is 4.66. The molecule has 9 heteroatoms. The number of anilines is 2. The molecule has 0 aliphatic carbocycles. The summed E-state index contributed by atoms with van der Waals surface area (Å²) >= 11 is 0. The fraction of sp³-hybridized carbons (Fsp3) is 0.261. The van der Waals surface area contributed by atoms with E-state index in [4.69, 9.17) is 20.9 Å². The molecule has 3 aromatic rings. The number of hydrogen-bond acceptors (Lipinski definition) is 7. The lowest BCUT2D eigenvalue weighted by molar-refractivity contribution is -0.141. The quantitative estimate of drug-likeness (QED) is 0.419. The van der Waals surface area contributed by atoms with Gasteiger partial charge in [-0.1, -0.05) is 19.1 Å². The van der Waals surface area contributed by atoms with Crippen LogP contribution in [-0.4, -0.2) is 34.8 Å². The Balaban J connectivity index is 2.07. The van der Waals surface area contributed by atoms with Gasteiger partial charge in [-0.05, 0) is 54.3 Å². The summed E-state index contributed by atoms with van der Waals surface area (Å²) in [5, 5.41) is 9.28. The van der Waals surface area contributed by atoms with Gasteiger partial charge in [0, 0.05) is 0 Å². The Labute approximate surface area is 185 Å². The van der Waals surface area contributed by atoms with Crippen LogP contribution in [-0.2, 0) is 11.2 Å². The Morgan fingerprint density at radius 2 is 1.84 bits per heavy atom. The van der Waals surface area contributed by atoms with Gasteiger partial charge in [-0.15, -0.1) is 0 Å². The summed E-state index contributed by atoms with van der Waals surface area (Å²) in [5.74, 6) is -0.0923. The monoisotopic (exact) mass is 438 g/mol. The van der Waals surface area contributed by atoms with E-state index in [0.717, 1.165) is 16.7 Å². The van der Waals surface area contributed by atoms with Crippen molar-refractivity contribution in [3.63, 3.8) is 0 Å². The second-order valence-electron chi connectivity index (χ2n) is 7.33. The van der Waals surface area contributed by atoms with Gasteiger partial charge in [-0.25, -0.2) is 4.98 Å². The van der Waals surface area contributed by atoms with Gasteiger partial charge in [-0.3, -0.25) is 9.59 Å². The van der Waals surface area contributed by atoms with Crippen LogP contribution in [0.4, 0.5) is 11.5 Å². The van der Waals surface area contributed by atoms with Crippen LogP contribution >= 0.6 is 0 Å². The van der Waals surface area contributed by atoms with E-state index in [1.165, 1.54) is 0 Å². The van der Waals surface area contributed by atoms with Crippen molar-refractivity contribution in [3.05, 3.63) is 52.3 Å². The van der Waals surface area contributed by atoms with Crippen molar-refractivity contribution in [3.8, 4) is 34.0 Å². The molecular formula is C23H26N4O5. The lowest BCUT2D eigenvalue weighted by Crippen LogP contribution is -2.17. The number of hydrogen-bond donors (Lipinski definition) is 4. The number of aromatic nitrogens is 2. The maximum atomic E-state index is 12.0. The standard InChI is InChI=1S/C23H26N4O5/c1-4-32-18-11-14(5-7-16(18)21-26-20(25)19(24)22(28)27-21)13-6-8-17(31-3)15(10-13)9-12(2)23(29)30/h5-8,10-12H,4,9,24H2,1-3H3,(H,29,30)(H3,25,26,27,28). The largest absolute Gasteiger partial charge is 0.496 e. The minimum Gasteiger partial charge on any atom is -0.496 e. The maximum Gasteiger partial charge on any atom is 0.306 e. The molecule has 1 heterocycles. The average Bonchev–Trinajstić information content (AvgIpc) is 2.77. The number of benzene rings is 2. The van der Waals surface area contributed by atoms with E-state index in [0.29, 0.717) is 30.1 Å². The Morgan fingerprint density at radius 3 is 2.47 bits per heavy atom. The molecule has 0 saturated heterocycles. The van der Waals surface area contributed by atoms with E-state index in [1.807, 2.05) is 37.3 Å². The van der Waals surface area contributed by atoms with Crippen molar-refractivity contribution in [2.75, 3.05) is 25.2 Å². The molecule has 2 aromatic carbocycles. The first-order chi connectivity index (χ1) is 15.2. The normalized spacial score (nSPS) is 11.7. The zero-order valence-corrected chi connectivity index (χ0v) is 18.1. The zero-order chi connectivity index (χ0) is 23.4. The first-order valence-corrected chi connectivity index (χ1v) is 10.1. The second kappa shape index (κ2) is 9.42. The summed E-state index contributed by atoms with van der Waals surface area (Å²) in [6.07, 6.45) is 0.332. The van der Waals surface area contributed by atoms with E-state index < -0.39 is 17.4 Å². The van der Waals surface area contributed by atoms with E-state index in [2.05, 4.69) is 9.97 Å². The van der Waals surface area contributed by atoms with Crippen LogP contribution in [0.3, 0.4) is 0 Å². The van der Waals surface area contributed by atoms with Crippen molar-refractivity contribution in [1.29, 1.82) is 0 Å². The summed E-state index contributed by atoms with van der Waals surface area (Å²) in [6.45, 7) is 3.90. The number of aliphatic carboxylic acids is 1. The number of carboxylic acid groups (broad SMARTS) is 1. The number of nitrogens with two attached hydrogens (primary N) is 2. The van der Waals surface area contributed by atoms with E-state index in [9.17, 15) is 14.7 Å². The summed E-state index contributed by atoms with van der Waals surface area (Å²) in [6, 6.07) is 11.1. The third-order valence-corrected chi connectivity index (χ3v) is 5.08. The number of H-pyrrole nitrogens is 1. The smallest absolute Gasteiger partial charge is 0.306 e. The fourth-order valence-corrected chi connectivity index (χ4v) is 3.33. The van der Waals surface area contributed by atoms with E-state index >= 15 is 0 Å². The number of nitrogen functional groups attached to an aromatic ring is 2. The first kappa shape index (κ1) is 22.7.